The van der Waals surface area contributed by atoms with Gasteiger partial charge in [-0.15, -0.1) is 11.3 Å². The fraction of sp³-hybridized carbons (Fsp3) is 0.440. The molecule has 0 bridgehead atoms. The number of likely N-dealkylation sites (N-methyl/N-ethyl adjacent to an activating group) is 1. The van der Waals surface area contributed by atoms with Crippen LogP contribution in [0.1, 0.15) is 34.9 Å². The van der Waals surface area contributed by atoms with E-state index in [1.54, 1.807) is 36.8 Å². The Morgan fingerprint density at radius 3 is 2.94 bits per heavy atom. The van der Waals surface area contributed by atoms with Crippen LogP contribution in [0.2, 0.25) is 0 Å². The highest BCUT2D eigenvalue weighted by molar-refractivity contribution is 7.19. The van der Waals surface area contributed by atoms with E-state index < -0.39 is 5.41 Å². The van der Waals surface area contributed by atoms with Crippen LogP contribution in [0.4, 0.5) is 11.5 Å². The highest BCUT2D eigenvalue weighted by atomic mass is 32.1. The Bertz CT molecular complexity index is 1290. The van der Waals surface area contributed by atoms with Crippen molar-refractivity contribution in [2.45, 2.75) is 32.7 Å². The number of nitrogens with zero attached hydrogens (tertiary/aromatic N) is 4. The van der Waals surface area contributed by atoms with Crippen molar-refractivity contribution in [1.29, 1.82) is 0 Å². The number of carbonyl (C=O) groups is 1. The molecule has 34 heavy (non-hydrogen) atoms. The first-order chi connectivity index (χ1) is 16.4. The molecular formula is C25H29N5O3S. The minimum absolute atomic E-state index is 0.168. The molecule has 178 valence electrons. The zero-order chi connectivity index (χ0) is 23.9. The number of fused-ring (bicyclic) bond motifs is 4. The summed E-state index contributed by atoms with van der Waals surface area (Å²) in [6.07, 6.45) is 5.79. The third-order valence-corrected chi connectivity index (χ3v) is 7.99. The second kappa shape index (κ2) is 8.96. The van der Waals surface area contributed by atoms with Crippen LogP contribution in [0.15, 0.2) is 23.5 Å². The molecule has 8 nitrogen and oxygen atoms in total. The van der Waals surface area contributed by atoms with Gasteiger partial charge in [0.1, 0.15) is 22.7 Å². The van der Waals surface area contributed by atoms with Crippen molar-refractivity contribution >= 4 is 45.2 Å². The number of rotatable bonds is 7. The van der Waals surface area contributed by atoms with Crippen molar-refractivity contribution in [2.75, 3.05) is 39.7 Å². The summed E-state index contributed by atoms with van der Waals surface area (Å²) >= 11 is 1.66. The minimum atomic E-state index is -0.431. The number of methoxy groups -OCH3 is 2. The number of carbonyl (C=O) groups excluding carboxylic acids is 1. The number of hydrogen-bond donors (Lipinski definition) is 1. The first kappa shape index (κ1) is 22.7. The van der Waals surface area contributed by atoms with Gasteiger partial charge in [0, 0.05) is 31.8 Å². The highest BCUT2D eigenvalue weighted by Crippen LogP contribution is 2.45. The van der Waals surface area contributed by atoms with Crippen molar-refractivity contribution in [3.8, 4) is 5.75 Å². The lowest BCUT2D eigenvalue weighted by Crippen LogP contribution is -2.44. The first-order valence-electron chi connectivity index (χ1n) is 11.4. The van der Waals surface area contributed by atoms with E-state index in [0.29, 0.717) is 26.1 Å². The summed E-state index contributed by atoms with van der Waals surface area (Å²) in [5, 5.41) is 4.54. The largest absolute Gasteiger partial charge is 0.495 e. The maximum Gasteiger partial charge on any atom is 0.228 e. The van der Waals surface area contributed by atoms with E-state index in [1.165, 1.54) is 10.4 Å². The summed E-state index contributed by atoms with van der Waals surface area (Å²) in [6.45, 7) is 3.89. The summed E-state index contributed by atoms with van der Waals surface area (Å²) in [5.74, 6) is 1.70. The fourth-order valence-electron chi connectivity index (χ4n) is 4.89. The maximum absolute atomic E-state index is 13.2. The van der Waals surface area contributed by atoms with Crippen LogP contribution in [0, 0.1) is 5.41 Å². The number of hydrogen-bond acceptors (Lipinski definition) is 8. The molecule has 2 aromatic heterocycles. The topological polar surface area (TPSA) is 88.9 Å². The summed E-state index contributed by atoms with van der Waals surface area (Å²) in [6, 6.07) is 4.09. The molecule has 9 heteroatoms. The molecular weight excluding hydrogens is 450 g/mol. The van der Waals surface area contributed by atoms with Crippen LogP contribution in [-0.4, -0.2) is 61.4 Å². The van der Waals surface area contributed by atoms with E-state index in [9.17, 15) is 4.79 Å². The van der Waals surface area contributed by atoms with Gasteiger partial charge in [-0.05, 0) is 48.1 Å². The van der Waals surface area contributed by atoms with Crippen molar-refractivity contribution < 1.29 is 14.3 Å². The number of thiophene rings is 1. The SMILES string of the molecule is COCCN(C)C(=O)[C@]1(C)CCc2c(sc3ncnc(Nc4cc5c(cc4OC)CN=C5)c23)C1. The molecule has 1 amide bonds. The number of aromatic nitrogens is 2. The van der Waals surface area contributed by atoms with Crippen LogP contribution in [-0.2, 0) is 28.9 Å². The Balaban J connectivity index is 1.47. The zero-order valence-corrected chi connectivity index (χ0v) is 20.8. The first-order valence-corrected chi connectivity index (χ1v) is 12.2. The van der Waals surface area contributed by atoms with Crippen molar-refractivity contribution in [3.63, 3.8) is 0 Å². The summed E-state index contributed by atoms with van der Waals surface area (Å²) in [5.41, 5.74) is 3.91. The molecule has 0 radical (unpaired) electrons. The predicted molar refractivity (Wildman–Crippen MR) is 135 cm³/mol. The monoisotopic (exact) mass is 479 g/mol. The predicted octanol–water partition coefficient (Wildman–Crippen LogP) is 3.98. The Morgan fingerprint density at radius 2 is 2.15 bits per heavy atom. The van der Waals surface area contributed by atoms with Gasteiger partial charge < -0.3 is 19.7 Å². The van der Waals surface area contributed by atoms with E-state index in [2.05, 4.69) is 33.3 Å². The summed E-state index contributed by atoms with van der Waals surface area (Å²) in [4.78, 5) is 30.7. The van der Waals surface area contributed by atoms with Gasteiger partial charge >= 0.3 is 0 Å². The van der Waals surface area contributed by atoms with Crippen molar-refractivity contribution in [1.82, 2.24) is 14.9 Å². The normalized spacial score (nSPS) is 18.6. The number of aryl methyl sites for hydroxylation is 1. The van der Waals surface area contributed by atoms with Gasteiger partial charge in [0.2, 0.25) is 5.91 Å². The molecule has 5 rings (SSSR count). The third kappa shape index (κ3) is 3.92. The van der Waals surface area contributed by atoms with E-state index >= 15 is 0 Å². The molecule has 2 aliphatic rings. The number of ether oxygens (including phenoxy) is 2. The zero-order valence-electron chi connectivity index (χ0n) is 20.0. The number of amides is 1. The van der Waals surface area contributed by atoms with Crippen LogP contribution in [0.3, 0.4) is 0 Å². The van der Waals surface area contributed by atoms with E-state index in [0.717, 1.165) is 51.4 Å². The van der Waals surface area contributed by atoms with Gasteiger partial charge in [0.25, 0.3) is 0 Å². The fourth-order valence-corrected chi connectivity index (χ4v) is 6.26. The molecule has 3 heterocycles. The van der Waals surface area contributed by atoms with Gasteiger partial charge in [-0.1, -0.05) is 6.92 Å². The average Bonchev–Trinajstić information content (AvgIpc) is 3.44. The molecule has 1 aliphatic heterocycles. The number of anilines is 2. The molecule has 0 unspecified atom stereocenters. The van der Waals surface area contributed by atoms with Crippen LogP contribution in [0.5, 0.6) is 5.75 Å². The highest BCUT2D eigenvalue weighted by Gasteiger charge is 2.40. The summed E-state index contributed by atoms with van der Waals surface area (Å²) < 4.78 is 10.8. The second-order valence-electron chi connectivity index (χ2n) is 9.21. The Kier molecular flexibility index (Phi) is 5.99. The average molecular weight is 480 g/mol. The lowest BCUT2D eigenvalue weighted by Gasteiger charge is -2.35. The summed E-state index contributed by atoms with van der Waals surface area (Å²) in [7, 11) is 5.18. The molecule has 0 saturated carbocycles. The minimum Gasteiger partial charge on any atom is -0.495 e. The van der Waals surface area contributed by atoms with Crippen molar-refractivity contribution in [3.05, 3.63) is 40.0 Å². The van der Waals surface area contributed by atoms with Gasteiger partial charge in [-0.25, -0.2) is 9.97 Å². The van der Waals surface area contributed by atoms with E-state index in [1.807, 2.05) is 19.3 Å². The molecule has 3 aromatic rings. The Hall–Kier alpha value is -3.04. The molecule has 0 saturated heterocycles. The maximum atomic E-state index is 13.2. The van der Waals surface area contributed by atoms with Crippen LogP contribution >= 0.6 is 11.3 Å². The number of aliphatic imine (C=N–C) groups is 1. The lowest BCUT2D eigenvalue weighted by molar-refractivity contribution is -0.141. The molecule has 0 spiro atoms. The van der Waals surface area contributed by atoms with Crippen molar-refractivity contribution in [2.24, 2.45) is 10.4 Å². The molecule has 1 atom stereocenters. The van der Waals surface area contributed by atoms with Gasteiger partial charge in [0.05, 0.1) is 36.8 Å². The molecule has 0 fully saturated rings. The molecule has 1 N–H and O–H groups in total. The van der Waals surface area contributed by atoms with Crippen LogP contribution in [0.25, 0.3) is 10.2 Å². The lowest BCUT2D eigenvalue weighted by atomic mass is 9.74. The smallest absolute Gasteiger partial charge is 0.228 e. The Morgan fingerprint density at radius 1 is 1.29 bits per heavy atom. The molecule has 1 aliphatic carbocycles. The number of nitrogens with one attached hydrogen (secondary N) is 1. The molecule has 1 aromatic carbocycles. The quantitative estimate of drug-likeness (QED) is 0.552. The third-order valence-electron chi connectivity index (χ3n) is 6.85. The standard InChI is InChI=1S/C25H29N5O3S/c1-25(24(31)30(2)7-8-32-3)6-5-17-20(11-25)34-23-21(17)22(27-14-28-23)29-18-9-15-12-26-13-16(15)10-19(18)33-4/h9-10,12,14H,5-8,11,13H2,1-4H3,(H,27,28,29)/t25-/m1/s1. The van der Waals surface area contributed by atoms with Gasteiger partial charge in [0.15, 0.2) is 0 Å². The van der Waals surface area contributed by atoms with E-state index in [-0.39, 0.29) is 5.91 Å². The van der Waals surface area contributed by atoms with E-state index in [4.69, 9.17) is 9.47 Å². The second-order valence-corrected chi connectivity index (χ2v) is 10.3. The van der Waals surface area contributed by atoms with Crippen LogP contribution < -0.4 is 10.1 Å². The van der Waals surface area contributed by atoms with Gasteiger partial charge in [-0.2, -0.15) is 0 Å². The van der Waals surface area contributed by atoms with Gasteiger partial charge in [-0.3, -0.25) is 9.79 Å². The Labute approximate surface area is 203 Å². The number of benzene rings is 1.